The molecule has 0 spiro atoms. The number of rotatable bonds is 12. The van der Waals surface area contributed by atoms with Crippen LogP contribution in [0.5, 0.6) is 0 Å². The van der Waals surface area contributed by atoms with Crippen molar-refractivity contribution in [1.82, 2.24) is 0 Å². The van der Waals surface area contributed by atoms with E-state index >= 15 is 0 Å². The molecule has 1 rings (SSSR count). The summed E-state index contributed by atoms with van der Waals surface area (Å²) in [6.07, 6.45) is 11.4. The van der Waals surface area contributed by atoms with Gasteiger partial charge in [-0.3, -0.25) is 0 Å². The van der Waals surface area contributed by atoms with Crippen LogP contribution < -0.4 is 0 Å². The molecule has 4 nitrogen and oxygen atoms in total. The van der Waals surface area contributed by atoms with Gasteiger partial charge >= 0.3 is 0 Å². The van der Waals surface area contributed by atoms with Crippen LogP contribution >= 0.6 is 0 Å². The molecule has 24 heavy (non-hydrogen) atoms. The normalized spacial score (nSPS) is 12.6. The van der Waals surface area contributed by atoms with Crippen LogP contribution in [0.3, 0.4) is 0 Å². The van der Waals surface area contributed by atoms with Crippen molar-refractivity contribution in [3.8, 4) is 0 Å². The van der Waals surface area contributed by atoms with E-state index in [0.717, 1.165) is 24.8 Å². The van der Waals surface area contributed by atoms with E-state index in [1.165, 1.54) is 44.1 Å². The van der Waals surface area contributed by atoms with E-state index in [2.05, 4.69) is 24.2 Å². The lowest BCUT2D eigenvalue weighted by molar-refractivity contribution is 0.313. The number of oxime groups is 2. The Hall–Kier alpha value is -1.84. The van der Waals surface area contributed by atoms with Gasteiger partial charge < -0.3 is 10.4 Å². The van der Waals surface area contributed by atoms with Crippen molar-refractivity contribution >= 4 is 11.4 Å². The predicted octanol–water partition coefficient (Wildman–Crippen LogP) is 5.79. The van der Waals surface area contributed by atoms with E-state index in [0.29, 0.717) is 17.8 Å². The first-order chi connectivity index (χ1) is 11.8. The van der Waals surface area contributed by atoms with Gasteiger partial charge in [-0.2, -0.15) is 0 Å². The van der Waals surface area contributed by atoms with E-state index in [1.54, 1.807) is 0 Å². The minimum Gasteiger partial charge on any atom is -0.411 e. The highest BCUT2D eigenvalue weighted by atomic mass is 16.4. The first kappa shape index (κ1) is 20.2. The lowest BCUT2D eigenvalue weighted by Crippen LogP contribution is -2.16. The van der Waals surface area contributed by atoms with Crippen molar-refractivity contribution in [2.45, 2.75) is 78.1 Å². The van der Waals surface area contributed by atoms with Crippen LogP contribution in [0.15, 0.2) is 34.6 Å². The van der Waals surface area contributed by atoms with Gasteiger partial charge in [0.25, 0.3) is 0 Å². The molecule has 0 saturated heterocycles. The summed E-state index contributed by atoms with van der Waals surface area (Å²) in [6, 6.07) is 7.83. The topological polar surface area (TPSA) is 65.2 Å². The highest BCUT2D eigenvalue weighted by molar-refractivity contribution is 6.48. The maximum absolute atomic E-state index is 9.33. The smallest absolute Gasteiger partial charge is 0.134 e. The summed E-state index contributed by atoms with van der Waals surface area (Å²) in [5.41, 5.74) is 2.82. The van der Waals surface area contributed by atoms with Crippen LogP contribution in [0, 0.1) is 0 Å². The molecular formula is C20H32N2O2. The van der Waals surface area contributed by atoms with Gasteiger partial charge in [0.2, 0.25) is 0 Å². The predicted molar refractivity (Wildman–Crippen MR) is 101 cm³/mol. The molecule has 0 radical (unpaired) electrons. The minimum absolute atomic E-state index is 0.364. The van der Waals surface area contributed by atoms with Gasteiger partial charge in [0.05, 0.1) is 0 Å². The van der Waals surface area contributed by atoms with Gasteiger partial charge in [0.15, 0.2) is 0 Å². The van der Waals surface area contributed by atoms with Crippen molar-refractivity contribution in [2.75, 3.05) is 0 Å². The first-order valence-electron chi connectivity index (χ1n) is 9.29. The summed E-state index contributed by atoms with van der Waals surface area (Å²) in [5, 5.41) is 25.3. The molecule has 0 unspecified atom stereocenters. The van der Waals surface area contributed by atoms with Crippen molar-refractivity contribution in [2.24, 2.45) is 10.3 Å². The second-order valence-electron chi connectivity index (χ2n) is 6.27. The molecule has 0 fully saturated rings. The largest absolute Gasteiger partial charge is 0.411 e. The SMILES string of the molecule is CCCCCCCCCCC(=NO)C(=NO)c1ccc(CC)cc1. The Balaban J connectivity index is 2.43. The first-order valence-corrected chi connectivity index (χ1v) is 9.29. The third kappa shape index (κ3) is 7.16. The van der Waals surface area contributed by atoms with Crippen molar-refractivity contribution in [3.63, 3.8) is 0 Å². The number of unbranched alkanes of at least 4 members (excludes halogenated alkanes) is 7. The standard InChI is InChI=1S/C20H32N2O2/c1-3-5-6-7-8-9-10-11-12-19(21-23)20(22-24)18-15-13-17(4-2)14-16-18/h13-16,23-24H,3-12H2,1-2H3. The number of hydrogen-bond donors (Lipinski definition) is 2. The molecule has 1 aromatic rings. The number of hydrogen-bond acceptors (Lipinski definition) is 4. The number of aryl methyl sites for hydroxylation is 1. The van der Waals surface area contributed by atoms with E-state index < -0.39 is 0 Å². The lowest BCUT2D eigenvalue weighted by Gasteiger charge is -2.08. The van der Waals surface area contributed by atoms with Gasteiger partial charge in [-0.1, -0.05) is 93.4 Å². The van der Waals surface area contributed by atoms with E-state index in [4.69, 9.17) is 0 Å². The Morgan fingerprint density at radius 2 is 1.38 bits per heavy atom. The third-order valence-electron chi connectivity index (χ3n) is 4.40. The summed E-state index contributed by atoms with van der Waals surface area (Å²) >= 11 is 0. The van der Waals surface area contributed by atoms with Gasteiger partial charge in [0, 0.05) is 5.56 Å². The van der Waals surface area contributed by atoms with Crippen LogP contribution in [0.2, 0.25) is 0 Å². The second-order valence-corrected chi connectivity index (χ2v) is 6.27. The van der Waals surface area contributed by atoms with Crippen LogP contribution in [0.1, 0.15) is 82.8 Å². The molecular weight excluding hydrogens is 300 g/mol. The summed E-state index contributed by atoms with van der Waals surface area (Å²) in [4.78, 5) is 0. The summed E-state index contributed by atoms with van der Waals surface area (Å²) in [6.45, 7) is 4.32. The molecule has 2 N–H and O–H groups in total. The Morgan fingerprint density at radius 1 is 0.792 bits per heavy atom. The zero-order valence-corrected chi connectivity index (χ0v) is 15.2. The second kappa shape index (κ2) is 12.6. The molecule has 0 aliphatic heterocycles. The minimum atomic E-state index is 0.364. The average molecular weight is 332 g/mol. The Bertz CT molecular complexity index is 507. The monoisotopic (exact) mass is 332 g/mol. The van der Waals surface area contributed by atoms with Crippen molar-refractivity contribution in [3.05, 3.63) is 35.4 Å². The molecule has 0 heterocycles. The van der Waals surface area contributed by atoms with Crippen LogP contribution in [-0.2, 0) is 6.42 Å². The highest BCUT2D eigenvalue weighted by Gasteiger charge is 2.13. The third-order valence-corrected chi connectivity index (χ3v) is 4.40. The molecule has 0 amide bonds. The average Bonchev–Trinajstić information content (AvgIpc) is 2.63. The zero-order chi connectivity index (χ0) is 17.6. The summed E-state index contributed by atoms with van der Waals surface area (Å²) in [7, 11) is 0. The maximum Gasteiger partial charge on any atom is 0.134 e. The molecule has 0 atom stereocenters. The molecule has 0 aliphatic rings. The molecule has 4 heteroatoms. The van der Waals surface area contributed by atoms with E-state index in [1.807, 2.05) is 24.3 Å². The molecule has 0 saturated carbocycles. The highest BCUT2D eigenvalue weighted by Crippen LogP contribution is 2.13. The van der Waals surface area contributed by atoms with Gasteiger partial charge in [0.1, 0.15) is 11.4 Å². The quantitative estimate of drug-likeness (QED) is 0.220. The van der Waals surface area contributed by atoms with E-state index in [9.17, 15) is 10.4 Å². The molecule has 0 aliphatic carbocycles. The van der Waals surface area contributed by atoms with Gasteiger partial charge in [-0.15, -0.1) is 0 Å². The van der Waals surface area contributed by atoms with Crippen LogP contribution in [-0.4, -0.2) is 21.8 Å². The van der Waals surface area contributed by atoms with Crippen molar-refractivity contribution in [1.29, 1.82) is 0 Å². The Morgan fingerprint density at radius 3 is 1.88 bits per heavy atom. The summed E-state index contributed by atoms with van der Waals surface area (Å²) < 4.78 is 0. The van der Waals surface area contributed by atoms with Crippen LogP contribution in [0.4, 0.5) is 0 Å². The fourth-order valence-electron chi connectivity index (χ4n) is 2.82. The fraction of sp³-hybridized carbons (Fsp3) is 0.600. The molecule has 134 valence electrons. The molecule has 0 aromatic heterocycles. The van der Waals surface area contributed by atoms with Gasteiger partial charge in [-0.05, 0) is 24.8 Å². The zero-order valence-electron chi connectivity index (χ0n) is 15.2. The van der Waals surface area contributed by atoms with Crippen molar-refractivity contribution < 1.29 is 10.4 Å². The summed E-state index contributed by atoms with van der Waals surface area (Å²) in [5.74, 6) is 0. The Labute approximate surface area is 146 Å². The van der Waals surface area contributed by atoms with Crippen LogP contribution in [0.25, 0.3) is 0 Å². The Kier molecular flexibility index (Phi) is 10.6. The van der Waals surface area contributed by atoms with Gasteiger partial charge in [-0.25, -0.2) is 0 Å². The number of benzene rings is 1. The molecule has 1 aromatic carbocycles. The van der Waals surface area contributed by atoms with E-state index in [-0.39, 0.29) is 0 Å². The maximum atomic E-state index is 9.33. The number of nitrogens with zero attached hydrogens (tertiary/aromatic N) is 2. The molecule has 0 bridgehead atoms. The fourth-order valence-corrected chi connectivity index (χ4v) is 2.82. The lowest BCUT2D eigenvalue weighted by atomic mass is 9.99.